The van der Waals surface area contributed by atoms with Crippen LogP contribution in [0.3, 0.4) is 0 Å². The van der Waals surface area contributed by atoms with Crippen LogP contribution >= 0.6 is 0 Å². The van der Waals surface area contributed by atoms with Gasteiger partial charge >= 0.3 is 5.97 Å². The molecule has 70 valence electrons. The van der Waals surface area contributed by atoms with Crippen molar-refractivity contribution in [3.63, 3.8) is 0 Å². The summed E-state index contributed by atoms with van der Waals surface area (Å²) in [6, 6.07) is 0. The highest BCUT2D eigenvalue weighted by atomic mass is 16.5. The van der Waals surface area contributed by atoms with Crippen molar-refractivity contribution < 1.29 is 20.1 Å². The Morgan fingerprint density at radius 3 is 2.25 bits per heavy atom. The predicted molar refractivity (Wildman–Crippen MR) is 43.4 cm³/mol. The van der Waals surface area contributed by atoms with Crippen LogP contribution in [0.15, 0.2) is 12.2 Å². The van der Waals surface area contributed by atoms with Gasteiger partial charge in [0, 0.05) is 11.5 Å². The predicted octanol–water partition coefficient (Wildman–Crippen LogP) is 0.354. The molecule has 0 aromatic heterocycles. The molecular formula is C8H14O4. The summed E-state index contributed by atoms with van der Waals surface area (Å²) in [5, 5.41) is 26.0. The molecule has 3 N–H and O–H groups in total. The first kappa shape index (κ1) is 11.1. The van der Waals surface area contributed by atoms with Crippen LogP contribution in [-0.2, 0) is 4.79 Å². The SMILES string of the molecule is C=C(CC(CC)C(O)O)C(=O)O. The van der Waals surface area contributed by atoms with Gasteiger partial charge in [0.1, 0.15) is 0 Å². The average Bonchev–Trinajstić information content (AvgIpc) is 1.98. The molecule has 0 saturated heterocycles. The van der Waals surface area contributed by atoms with Crippen molar-refractivity contribution >= 4 is 5.97 Å². The van der Waals surface area contributed by atoms with Crippen molar-refractivity contribution in [3.05, 3.63) is 12.2 Å². The van der Waals surface area contributed by atoms with Gasteiger partial charge in [-0.05, 0) is 12.8 Å². The van der Waals surface area contributed by atoms with Crippen molar-refractivity contribution in [1.82, 2.24) is 0 Å². The molecule has 1 unspecified atom stereocenters. The van der Waals surface area contributed by atoms with Crippen LogP contribution in [0.5, 0.6) is 0 Å². The molecule has 0 heterocycles. The van der Waals surface area contributed by atoms with E-state index in [1.54, 1.807) is 6.92 Å². The number of carbonyl (C=O) groups is 1. The summed E-state index contributed by atoms with van der Waals surface area (Å²) in [6.45, 7) is 5.07. The van der Waals surface area contributed by atoms with Gasteiger partial charge in [-0.2, -0.15) is 0 Å². The zero-order valence-corrected chi connectivity index (χ0v) is 7.03. The first-order valence-electron chi connectivity index (χ1n) is 3.76. The Morgan fingerprint density at radius 2 is 2.00 bits per heavy atom. The molecule has 4 heteroatoms. The van der Waals surface area contributed by atoms with Crippen molar-refractivity contribution in [3.8, 4) is 0 Å². The van der Waals surface area contributed by atoms with Crippen LogP contribution in [0.4, 0.5) is 0 Å². The lowest BCUT2D eigenvalue weighted by molar-refractivity contribution is -0.133. The zero-order chi connectivity index (χ0) is 9.72. The van der Waals surface area contributed by atoms with Gasteiger partial charge in [-0.3, -0.25) is 0 Å². The second-order valence-electron chi connectivity index (χ2n) is 2.69. The zero-order valence-electron chi connectivity index (χ0n) is 7.03. The fourth-order valence-corrected chi connectivity index (χ4v) is 0.864. The average molecular weight is 174 g/mol. The first-order chi connectivity index (χ1) is 5.49. The summed E-state index contributed by atoms with van der Waals surface area (Å²) in [6.07, 6.45) is -0.834. The molecule has 0 aliphatic carbocycles. The number of aliphatic carboxylic acids is 1. The molecule has 0 rings (SSSR count). The third-order valence-corrected chi connectivity index (χ3v) is 1.76. The van der Waals surface area contributed by atoms with E-state index in [9.17, 15) is 4.79 Å². The minimum Gasteiger partial charge on any atom is -0.478 e. The van der Waals surface area contributed by atoms with Crippen molar-refractivity contribution in [2.45, 2.75) is 26.1 Å². The Bertz CT molecular complexity index is 174. The molecule has 0 radical (unpaired) electrons. The number of rotatable bonds is 5. The Hall–Kier alpha value is -0.870. The molecule has 0 saturated carbocycles. The topological polar surface area (TPSA) is 77.8 Å². The quantitative estimate of drug-likeness (QED) is 0.415. The third kappa shape index (κ3) is 3.50. The van der Waals surface area contributed by atoms with E-state index in [2.05, 4.69) is 6.58 Å². The van der Waals surface area contributed by atoms with E-state index in [0.717, 1.165) is 0 Å². The molecule has 1 atom stereocenters. The van der Waals surface area contributed by atoms with E-state index < -0.39 is 18.2 Å². The molecule has 0 spiro atoms. The number of carboxylic acid groups (broad SMARTS) is 1. The summed E-state index contributed by atoms with van der Waals surface area (Å²) < 4.78 is 0. The van der Waals surface area contributed by atoms with Gasteiger partial charge in [-0.25, -0.2) is 4.79 Å². The molecule has 0 aromatic rings. The van der Waals surface area contributed by atoms with Gasteiger partial charge in [0.05, 0.1) is 0 Å². The fraction of sp³-hybridized carbons (Fsp3) is 0.625. The van der Waals surface area contributed by atoms with Gasteiger partial charge in [0.25, 0.3) is 0 Å². The van der Waals surface area contributed by atoms with Crippen molar-refractivity contribution in [2.75, 3.05) is 0 Å². The summed E-state index contributed by atoms with van der Waals surface area (Å²) in [5.41, 5.74) is 0.00921. The van der Waals surface area contributed by atoms with Gasteiger partial charge in [-0.15, -0.1) is 0 Å². The number of hydrogen-bond donors (Lipinski definition) is 3. The van der Waals surface area contributed by atoms with Gasteiger partial charge < -0.3 is 15.3 Å². The number of carboxylic acids is 1. The number of aliphatic hydroxyl groups excluding tert-OH is 1. The molecule has 0 bridgehead atoms. The van der Waals surface area contributed by atoms with Gasteiger partial charge in [0.15, 0.2) is 6.29 Å². The highest BCUT2D eigenvalue weighted by molar-refractivity contribution is 5.85. The largest absolute Gasteiger partial charge is 0.478 e. The van der Waals surface area contributed by atoms with Crippen LogP contribution < -0.4 is 0 Å². The second kappa shape index (κ2) is 4.90. The van der Waals surface area contributed by atoms with Crippen LogP contribution in [0.2, 0.25) is 0 Å². The minimum atomic E-state index is -1.47. The van der Waals surface area contributed by atoms with Crippen LogP contribution in [-0.4, -0.2) is 27.6 Å². The molecule has 12 heavy (non-hydrogen) atoms. The normalized spacial score (nSPS) is 13.0. The summed E-state index contributed by atoms with van der Waals surface area (Å²) in [5.74, 6) is -1.53. The monoisotopic (exact) mass is 174 g/mol. The van der Waals surface area contributed by atoms with E-state index >= 15 is 0 Å². The van der Waals surface area contributed by atoms with Gasteiger partial charge in [-0.1, -0.05) is 13.5 Å². The molecule has 0 aliphatic rings. The van der Waals surface area contributed by atoms with E-state index in [4.69, 9.17) is 15.3 Å². The second-order valence-corrected chi connectivity index (χ2v) is 2.69. The summed E-state index contributed by atoms with van der Waals surface area (Å²) >= 11 is 0. The minimum absolute atomic E-state index is 0.00921. The molecule has 0 amide bonds. The van der Waals surface area contributed by atoms with Crippen LogP contribution in [0, 0.1) is 5.92 Å². The maximum atomic E-state index is 10.3. The molecule has 4 nitrogen and oxygen atoms in total. The maximum absolute atomic E-state index is 10.3. The lowest BCUT2D eigenvalue weighted by Crippen LogP contribution is -2.20. The molecule has 0 aromatic carbocycles. The third-order valence-electron chi connectivity index (χ3n) is 1.76. The first-order valence-corrected chi connectivity index (χ1v) is 3.76. The standard InChI is InChI=1S/C8H14O4/c1-3-6(8(11)12)4-5(2)7(9)10/h6,8,11-12H,2-4H2,1H3,(H,9,10). The molecular weight excluding hydrogens is 160 g/mol. The van der Waals surface area contributed by atoms with E-state index in [-0.39, 0.29) is 12.0 Å². The lowest BCUT2D eigenvalue weighted by atomic mass is 9.97. The highest BCUT2D eigenvalue weighted by Crippen LogP contribution is 2.16. The number of hydrogen-bond acceptors (Lipinski definition) is 3. The van der Waals surface area contributed by atoms with E-state index in [1.165, 1.54) is 0 Å². The molecule has 0 fully saturated rings. The van der Waals surface area contributed by atoms with Crippen molar-refractivity contribution in [1.29, 1.82) is 0 Å². The van der Waals surface area contributed by atoms with E-state index in [1.807, 2.05) is 0 Å². The highest BCUT2D eigenvalue weighted by Gasteiger charge is 2.18. The summed E-state index contributed by atoms with van der Waals surface area (Å²) in [4.78, 5) is 10.3. The molecule has 0 aliphatic heterocycles. The van der Waals surface area contributed by atoms with Crippen LogP contribution in [0.25, 0.3) is 0 Å². The Morgan fingerprint density at radius 1 is 1.50 bits per heavy atom. The lowest BCUT2D eigenvalue weighted by Gasteiger charge is -2.16. The fourth-order valence-electron chi connectivity index (χ4n) is 0.864. The summed E-state index contributed by atoms with van der Waals surface area (Å²) in [7, 11) is 0. The van der Waals surface area contributed by atoms with Crippen molar-refractivity contribution in [2.24, 2.45) is 5.92 Å². The maximum Gasteiger partial charge on any atom is 0.330 e. The van der Waals surface area contributed by atoms with Gasteiger partial charge in [0.2, 0.25) is 0 Å². The number of aliphatic hydroxyl groups is 2. The smallest absolute Gasteiger partial charge is 0.330 e. The Labute approximate surface area is 71.1 Å². The van der Waals surface area contributed by atoms with Crippen LogP contribution in [0.1, 0.15) is 19.8 Å². The Kier molecular flexibility index (Phi) is 4.54. The Balaban J connectivity index is 4.03. The van der Waals surface area contributed by atoms with E-state index in [0.29, 0.717) is 6.42 Å².